The van der Waals surface area contributed by atoms with Crippen LogP contribution in [0.4, 0.5) is 17.1 Å². The van der Waals surface area contributed by atoms with Gasteiger partial charge in [-0.15, -0.1) is 0 Å². The van der Waals surface area contributed by atoms with Crippen LogP contribution in [0.3, 0.4) is 0 Å². The molecule has 7 nitrogen and oxygen atoms in total. The lowest BCUT2D eigenvalue weighted by molar-refractivity contribution is -0.383. The van der Waals surface area contributed by atoms with Crippen molar-refractivity contribution in [2.45, 2.75) is 0 Å². The first kappa shape index (κ1) is 11.2. The molecule has 82 valence electrons. The second-order valence-electron chi connectivity index (χ2n) is 2.87. The summed E-state index contributed by atoms with van der Waals surface area (Å²) >= 11 is 0. The van der Waals surface area contributed by atoms with E-state index in [4.69, 9.17) is 5.73 Å². The normalized spacial score (nSPS) is 11.0. The van der Waals surface area contributed by atoms with Gasteiger partial charge in [0.15, 0.2) is 0 Å². The molecule has 1 aromatic carbocycles. The van der Waals surface area contributed by atoms with Crippen LogP contribution < -0.4 is 10.5 Å². The Morgan fingerprint density at radius 1 is 1.47 bits per heavy atom. The van der Waals surface area contributed by atoms with Gasteiger partial charge in [0.1, 0.15) is 5.69 Å². The molecule has 0 fully saturated rings. The first-order valence-corrected chi connectivity index (χ1v) is 5.71. The fourth-order valence-corrected chi connectivity index (χ4v) is 1.58. The molecule has 1 aromatic rings. The third-order valence-electron chi connectivity index (χ3n) is 1.58. The van der Waals surface area contributed by atoms with Crippen LogP contribution in [-0.2, 0) is 10.0 Å². The van der Waals surface area contributed by atoms with Gasteiger partial charge in [-0.2, -0.15) is 0 Å². The van der Waals surface area contributed by atoms with Crippen molar-refractivity contribution >= 4 is 27.1 Å². The summed E-state index contributed by atoms with van der Waals surface area (Å²) in [6.07, 6.45) is 0.936. The van der Waals surface area contributed by atoms with E-state index in [1.165, 1.54) is 18.2 Å². The smallest absolute Gasteiger partial charge is 0.294 e. The quantitative estimate of drug-likeness (QED) is 0.447. The highest BCUT2D eigenvalue weighted by atomic mass is 32.2. The average molecular weight is 231 g/mol. The number of hydrogen-bond donors (Lipinski definition) is 2. The molecule has 0 aliphatic heterocycles. The third kappa shape index (κ3) is 2.81. The van der Waals surface area contributed by atoms with Gasteiger partial charge in [0.05, 0.1) is 16.9 Å². The lowest BCUT2D eigenvalue weighted by atomic mass is 10.2. The minimum atomic E-state index is -3.49. The molecule has 3 N–H and O–H groups in total. The van der Waals surface area contributed by atoms with Crippen LogP contribution in [0.2, 0.25) is 0 Å². The number of benzene rings is 1. The Morgan fingerprint density at radius 2 is 2.07 bits per heavy atom. The molecule has 0 atom stereocenters. The third-order valence-corrected chi connectivity index (χ3v) is 2.17. The van der Waals surface area contributed by atoms with Gasteiger partial charge >= 0.3 is 0 Å². The fraction of sp³-hybridized carbons (Fsp3) is 0.143. The zero-order valence-electron chi connectivity index (χ0n) is 7.80. The summed E-state index contributed by atoms with van der Waals surface area (Å²) in [6.45, 7) is 0. The Labute approximate surface area is 86.1 Å². The predicted octanol–water partition coefficient (Wildman–Crippen LogP) is 0.548. The number of para-hydroxylation sites is 1. The van der Waals surface area contributed by atoms with Gasteiger partial charge < -0.3 is 5.73 Å². The summed E-state index contributed by atoms with van der Waals surface area (Å²) < 4.78 is 23.9. The van der Waals surface area contributed by atoms with Crippen molar-refractivity contribution < 1.29 is 13.3 Å². The van der Waals surface area contributed by atoms with Gasteiger partial charge in [-0.3, -0.25) is 14.8 Å². The number of rotatable bonds is 3. The molecule has 0 saturated carbocycles. The minimum Gasteiger partial charge on any atom is -0.391 e. The van der Waals surface area contributed by atoms with Gasteiger partial charge in [-0.05, 0) is 6.07 Å². The SMILES string of the molecule is CS(=O)(=O)Nc1cccc([N+](=O)[O-])c1N. The van der Waals surface area contributed by atoms with Gasteiger partial charge in [-0.1, -0.05) is 6.07 Å². The Kier molecular flexibility index (Phi) is 2.80. The number of nitrogens with two attached hydrogens (primary N) is 1. The molecule has 0 bridgehead atoms. The van der Waals surface area contributed by atoms with Crippen molar-refractivity contribution in [1.82, 2.24) is 0 Å². The second-order valence-corrected chi connectivity index (χ2v) is 4.62. The number of nitrogen functional groups attached to an aromatic ring is 1. The Balaban J connectivity index is 3.22. The van der Waals surface area contributed by atoms with E-state index in [1.807, 2.05) is 0 Å². The molecule has 0 spiro atoms. The second kappa shape index (κ2) is 3.73. The van der Waals surface area contributed by atoms with Gasteiger partial charge in [0.2, 0.25) is 10.0 Å². The van der Waals surface area contributed by atoms with Crippen molar-refractivity contribution in [3.8, 4) is 0 Å². The van der Waals surface area contributed by atoms with E-state index >= 15 is 0 Å². The van der Waals surface area contributed by atoms with E-state index in [9.17, 15) is 18.5 Å². The van der Waals surface area contributed by atoms with Crippen LogP contribution >= 0.6 is 0 Å². The molecule has 0 heterocycles. The molecule has 15 heavy (non-hydrogen) atoms. The fourth-order valence-electron chi connectivity index (χ4n) is 1.00. The Morgan fingerprint density at radius 3 is 2.53 bits per heavy atom. The zero-order chi connectivity index (χ0) is 11.6. The van der Waals surface area contributed by atoms with Crippen LogP contribution in [0.15, 0.2) is 18.2 Å². The van der Waals surface area contributed by atoms with Crippen molar-refractivity contribution in [1.29, 1.82) is 0 Å². The topological polar surface area (TPSA) is 115 Å². The molecule has 0 unspecified atom stereocenters. The van der Waals surface area contributed by atoms with Gasteiger partial charge in [0, 0.05) is 6.07 Å². The summed E-state index contributed by atoms with van der Waals surface area (Å²) in [5.41, 5.74) is 4.90. The van der Waals surface area contributed by atoms with Crippen LogP contribution in [0.5, 0.6) is 0 Å². The monoisotopic (exact) mass is 231 g/mol. The number of nitro benzene ring substituents is 1. The van der Waals surface area contributed by atoms with E-state index in [0.29, 0.717) is 0 Å². The Hall–Kier alpha value is -1.83. The molecule has 0 aromatic heterocycles. The summed E-state index contributed by atoms with van der Waals surface area (Å²) in [7, 11) is -3.49. The highest BCUT2D eigenvalue weighted by molar-refractivity contribution is 7.92. The summed E-state index contributed by atoms with van der Waals surface area (Å²) in [6, 6.07) is 3.90. The molecule has 8 heteroatoms. The van der Waals surface area contributed by atoms with Gasteiger partial charge in [-0.25, -0.2) is 8.42 Å². The standard InChI is InChI=1S/C7H9N3O4S/c1-15(13,14)9-5-3-2-4-6(7(5)8)10(11)12/h2-4,9H,8H2,1H3. The van der Waals surface area contributed by atoms with E-state index in [0.717, 1.165) is 6.26 Å². The average Bonchev–Trinajstić information content (AvgIpc) is 2.05. The van der Waals surface area contributed by atoms with E-state index in [-0.39, 0.29) is 17.1 Å². The molecule has 0 saturated heterocycles. The number of sulfonamides is 1. The van der Waals surface area contributed by atoms with E-state index < -0.39 is 14.9 Å². The molecule has 0 amide bonds. The Bertz CT molecular complexity index is 497. The molecule has 0 radical (unpaired) electrons. The zero-order valence-corrected chi connectivity index (χ0v) is 8.61. The molecule has 0 aliphatic rings. The number of nitrogens with zero attached hydrogens (tertiary/aromatic N) is 1. The highest BCUT2D eigenvalue weighted by Gasteiger charge is 2.15. The van der Waals surface area contributed by atoms with E-state index in [1.54, 1.807) is 0 Å². The van der Waals surface area contributed by atoms with Crippen molar-refractivity contribution in [3.63, 3.8) is 0 Å². The summed E-state index contributed by atoms with van der Waals surface area (Å²) in [4.78, 5) is 9.81. The maximum Gasteiger partial charge on any atom is 0.294 e. The van der Waals surface area contributed by atoms with Crippen LogP contribution in [-0.4, -0.2) is 19.6 Å². The maximum absolute atomic E-state index is 10.9. The first-order valence-electron chi connectivity index (χ1n) is 3.82. The number of nitro groups is 1. The molecule has 0 aliphatic carbocycles. The predicted molar refractivity (Wildman–Crippen MR) is 56.0 cm³/mol. The number of nitrogens with one attached hydrogen (secondary N) is 1. The molecular weight excluding hydrogens is 222 g/mol. The number of anilines is 2. The molecular formula is C7H9N3O4S. The first-order chi connectivity index (χ1) is 6.81. The number of hydrogen-bond acceptors (Lipinski definition) is 5. The minimum absolute atomic E-state index is 0.00620. The summed E-state index contributed by atoms with van der Waals surface area (Å²) in [5, 5.41) is 10.5. The largest absolute Gasteiger partial charge is 0.391 e. The maximum atomic E-state index is 10.9. The lowest BCUT2D eigenvalue weighted by Crippen LogP contribution is -2.11. The van der Waals surface area contributed by atoms with Crippen LogP contribution in [0.25, 0.3) is 0 Å². The summed E-state index contributed by atoms with van der Waals surface area (Å²) in [5.74, 6) is 0. The van der Waals surface area contributed by atoms with Crippen LogP contribution in [0.1, 0.15) is 0 Å². The highest BCUT2D eigenvalue weighted by Crippen LogP contribution is 2.29. The van der Waals surface area contributed by atoms with Gasteiger partial charge in [0.25, 0.3) is 5.69 Å². The van der Waals surface area contributed by atoms with Crippen LogP contribution in [0, 0.1) is 10.1 Å². The van der Waals surface area contributed by atoms with E-state index in [2.05, 4.69) is 4.72 Å². The molecule has 1 rings (SSSR count). The van der Waals surface area contributed by atoms with Crippen molar-refractivity contribution in [3.05, 3.63) is 28.3 Å². The van der Waals surface area contributed by atoms with Crippen molar-refractivity contribution in [2.75, 3.05) is 16.7 Å². The lowest BCUT2D eigenvalue weighted by Gasteiger charge is -2.06. The van der Waals surface area contributed by atoms with Crippen molar-refractivity contribution in [2.24, 2.45) is 0 Å².